The summed E-state index contributed by atoms with van der Waals surface area (Å²) >= 11 is 1.68. The van der Waals surface area contributed by atoms with Crippen molar-refractivity contribution in [3.8, 4) is 0 Å². The van der Waals surface area contributed by atoms with Crippen molar-refractivity contribution in [2.45, 2.75) is 19.8 Å². The molecule has 0 fully saturated rings. The molecular formula is C13H14O2S. The van der Waals surface area contributed by atoms with Crippen molar-refractivity contribution in [2.75, 3.05) is 7.11 Å². The molecule has 0 amide bonds. The molecule has 0 aliphatic rings. The summed E-state index contributed by atoms with van der Waals surface area (Å²) in [6.07, 6.45) is 0. The number of carbonyl (C=O) groups excluding carboxylic acids is 1. The molecule has 0 saturated carbocycles. The van der Waals surface area contributed by atoms with E-state index >= 15 is 0 Å². The van der Waals surface area contributed by atoms with Gasteiger partial charge in [-0.15, -0.1) is 11.3 Å². The second kappa shape index (κ2) is 4.26. The number of ether oxygens (including phenoxy) is 1. The van der Waals surface area contributed by atoms with E-state index in [2.05, 4.69) is 19.2 Å². The molecule has 16 heavy (non-hydrogen) atoms. The van der Waals surface area contributed by atoms with Crippen LogP contribution < -0.4 is 0 Å². The van der Waals surface area contributed by atoms with Crippen LogP contribution in [0.3, 0.4) is 0 Å². The van der Waals surface area contributed by atoms with Crippen molar-refractivity contribution in [2.24, 2.45) is 0 Å². The Morgan fingerprint density at radius 2 is 2.12 bits per heavy atom. The van der Waals surface area contributed by atoms with Crippen LogP contribution in [0.15, 0.2) is 23.6 Å². The molecule has 2 rings (SSSR count). The van der Waals surface area contributed by atoms with E-state index in [1.54, 1.807) is 11.3 Å². The van der Waals surface area contributed by atoms with Gasteiger partial charge in [0.15, 0.2) is 0 Å². The maximum Gasteiger partial charge on any atom is 0.337 e. The van der Waals surface area contributed by atoms with Gasteiger partial charge >= 0.3 is 5.97 Å². The largest absolute Gasteiger partial charge is 0.465 e. The normalized spacial score (nSPS) is 11.0. The lowest BCUT2D eigenvalue weighted by Gasteiger charge is -2.03. The summed E-state index contributed by atoms with van der Waals surface area (Å²) in [5.41, 5.74) is 1.96. The Hall–Kier alpha value is -1.35. The number of fused-ring (bicyclic) bond motifs is 1. The molecule has 2 aromatic rings. The Balaban J connectivity index is 2.53. The van der Waals surface area contributed by atoms with E-state index in [0.717, 1.165) is 4.70 Å². The lowest BCUT2D eigenvalue weighted by atomic mass is 10.0. The van der Waals surface area contributed by atoms with Gasteiger partial charge in [-0.1, -0.05) is 19.9 Å². The van der Waals surface area contributed by atoms with Crippen LogP contribution in [0.25, 0.3) is 10.1 Å². The molecule has 0 atom stereocenters. The molecule has 0 aliphatic heterocycles. The molecule has 3 heteroatoms. The predicted molar refractivity (Wildman–Crippen MR) is 67.3 cm³/mol. The van der Waals surface area contributed by atoms with Crippen LogP contribution in [-0.4, -0.2) is 13.1 Å². The van der Waals surface area contributed by atoms with E-state index in [4.69, 9.17) is 4.74 Å². The van der Waals surface area contributed by atoms with E-state index in [0.29, 0.717) is 11.5 Å². The van der Waals surface area contributed by atoms with Gasteiger partial charge in [0.25, 0.3) is 0 Å². The lowest BCUT2D eigenvalue weighted by Crippen LogP contribution is -2.00. The van der Waals surface area contributed by atoms with Crippen LogP contribution in [-0.2, 0) is 4.74 Å². The fourth-order valence-electron chi connectivity index (χ4n) is 1.74. The minimum absolute atomic E-state index is 0.276. The molecule has 0 spiro atoms. The summed E-state index contributed by atoms with van der Waals surface area (Å²) in [7, 11) is 1.40. The highest BCUT2D eigenvalue weighted by atomic mass is 32.1. The molecular weight excluding hydrogens is 220 g/mol. The Bertz CT molecular complexity index is 526. The summed E-state index contributed by atoms with van der Waals surface area (Å²) in [5.74, 6) is 0.235. The number of esters is 1. The summed E-state index contributed by atoms with van der Waals surface area (Å²) < 4.78 is 5.85. The smallest absolute Gasteiger partial charge is 0.337 e. The van der Waals surface area contributed by atoms with Crippen molar-refractivity contribution in [1.29, 1.82) is 0 Å². The van der Waals surface area contributed by atoms with Gasteiger partial charge < -0.3 is 4.74 Å². The first-order chi connectivity index (χ1) is 7.63. The highest BCUT2D eigenvalue weighted by Gasteiger charge is 2.11. The van der Waals surface area contributed by atoms with E-state index < -0.39 is 0 Å². The highest BCUT2D eigenvalue weighted by molar-refractivity contribution is 7.17. The van der Waals surface area contributed by atoms with Crippen LogP contribution in [0.1, 0.15) is 35.7 Å². The zero-order valence-corrected chi connectivity index (χ0v) is 10.4. The number of rotatable bonds is 2. The van der Waals surface area contributed by atoms with Crippen molar-refractivity contribution in [3.63, 3.8) is 0 Å². The molecule has 0 radical (unpaired) electrons. The minimum Gasteiger partial charge on any atom is -0.465 e. The number of hydrogen-bond donors (Lipinski definition) is 0. The fourth-order valence-corrected chi connectivity index (χ4v) is 2.90. The molecule has 0 unspecified atom stereocenters. The average Bonchev–Trinajstić information content (AvgIpc) is 2.70. The maximum absolute atomic E-state index is 11.4. The number of hydrogen-bond acceptors (Lipinski definition) is 3. The quantitative estimate of drug-likeness (QED) is 0.738. The third-order valence-corrected chi connectivity index (χ3v) is 3.61. The zero-order valence-electron chi connectivity index (χ0n) is 9.61. The SMILES string of the molecule is COC(=O)c1ccc2c(C(C)C)csc2c1. The van der Waals surface area contributed by atoms with Gasteiger partial charge in [0.05, 0.1) is 12.7 Å². The van der Waals surface area contributed by atoms with E-state index in [1.165, 1.54) is 18.1 Å². The molecule has 84 valence electrons. The number of methoxy groups -OCH3 is 1. The van der Waals surface area contributed by atoms with Crippen LogP contribution in [0.2, 0.25) is 0 Å². The number of thiophene rings is 1. The first-order valence-corrected chi connectivity index (χ1v) is 6.11. The minimum atomic E-state index is -0.276. The molecule has 2 nitrogen and oxygen atoms in total. The number of benzene rings is 1. The maximum atomic E-state index is 11.4. The van der Waals surface area contributed by atoms with Gasteiger partial charge in [0, 0.05) is 4.70 Å². The lowest BCUT2D eigenvalue weighted by molar-refractivity contribution is 0.0601. The first kappa shape index (κ1) is 11.1. The van der Waals surface area contributed by atoms with Crippen LogP contribution in [0.4, 0.5) is 0 Å². The van der Waals surface area contributed by atoms with Gasteiger partial charge in [-0.25, -0.2) is 4.79 Å². The standard InChI is InChI=1S/C13H14O2S/c1-8(2)11-7-16-12-6-9(13(14)15-3)4-5-10(11)12/h4-8H,1-3H3. The van der Waals surface area contributed by atoms with Crippen molar-refractivity contribution in [3.05, 3.63) is 34.7 Å². The molecule has 1 heterocycles. The second-order valence-electron chi connectivity index (χ2n) is 4.05. The Kier molecular flexibility index (Phi) is 2.97. The van der Waals surface area contributed by atoms with Gasteiger partial charge in [-0.3, -0.25) is 0 Å². The van der Waals surface area contributed by atoms with E-state index in [-0.39, 0.29) is 5.97 Å². The van der Waals surface area contributed by atoms with Crippen LogP contribution in [0.5, 0.6) is 0 Å². The average molecular weight is 234 g/mol. The first-order valence-electron chi connectivity index (χ1n) is 5.23. The molecule has 1 aromatic carbocycles. The Morgan fingerprint density at radius 1 is 1.38 bits per heavy atom. The molecule has 0 saturated heterocycles. The predicted octanol–water partition coefficient (Wildman–Crippen LogP) is 3.81. The Morgan fingerprint density at radius 3 is 2.75 bits per heavy atom. The van der Waals surface area contributed by atoms with Gasteiger partial charge in [-0.2, -0.15) is 0 Å². The molecule has 0 N–H and O–H groups in total. The second-order valence-corrected chi connectivity index (χ2v) is 4.96. The molecule has 1 aromatic heterocycles. The zero-order chi connectivity index (χ0) is 11.7. The van der Waals surface area contributed by atoms with Crippen molar-refractivity contribution >= 4 is 27.4 Å². The highest BCUT2D eigenvalue weighted by Crippen LogP contribution is 2.31. The number of carbonyl (C=O) groups is 1. The fraction of sp³-hybridized carbons (Fsp3) is 0.308. The Labute approximate surface area is 98.9 Å². The van der Waals surface area contributed by atoms with Gasteiger partial charge in [0.2, 0.25) is 0 Å². The van der Waals surface area contributed by atoms with Gasteiger partial charge in [0.1, 0.15) is 0 Å². The molecule has 0 aliphatic carbocycles. The van der Waals surface area contributed by atoms with Crippen LogP contribution in [0, 0.1) is 0 Å². The molecule has 0 bridgehead atoms. The summed E-state index contributed by atoms with van der Waals surface area (Å²) in [4.78, 5) is 11.4. The monoisotopic (exact) mass is 234 g/mol. The van der Waals surface area contributed by atoms with Crippen molar-refractivity contribution < 1.29 is 9.53 Å². The summed E-state index contributed by atoms with van der Waals surface area (Å²) in [6, 6.07) is 5.73. The summed E-state index contributed by atoms with van der Waals surface area (Å²) in [6.45, 7) is 4.35. The van der Waals surface area contributed by atoms with Crippen molar-refractivity contribution in [1.82, 2.24) is 0 Å². The van der Waals surface area contributed by atoms with Crippen LogP contribution >= 0.6 is 11.3 Å². The topological polar surface area (TPSA) is 26.3 Å². The van der Waals surface area contributed by atoms with E-state index in [9.17, 15) is 4.79 Å². The van der Waals surface area contributed by atoms with E-state index in [1.807, 2.05) is 18.2 Å². The van der Waals surface area contributed by atoms with Gasteiger partial charge in [-0.05, 0) is 34.4 Å². The third kappa shape index (κ3) is 1.83. The summed E-state index contributed by atoms with van der Waals surface area (Å²) in [5, 5.41) is 3.41. The third-order valence-electron chi connectivity index (χ3n) is 2.65.